The van der Waals surface area contributed by atoms with E-state index >= 15 is 0 Å². The lowest BCUT2D eigenvalue weighted by Crippen LogP contribution is -2.45. The van der Waals surface area contributed by atoms with Gasteiger partial charge in [-0.15, -0.1) is 0 Å². The summed E-state index contributed by atoms with van der Waals surface area (Å²) in [6.07, 6.45) is -3.83. The molecule has 182 valence electrons. The summed E-state index contributed by atoms with van der Waals surface area (Å²) in [4.78, 5) is 11.7. The summed E-state index contributed by atoms with van der Waals surface area (Å²) in [5.74, 6) is -2.57. The Morgan fingerprint density at radius 3 is 2.18 bits per heavy atom. The lowest BCUT2D eigenvalue weighted by atomic mass is 9.97. The number of rotatable bonds is 8. The molecule has 0 radical (unpaired) electrons. The number of methoxy groups -OCH3 is 1. The molecule has 11 heteroatoms. The first-order chi connectivity index (χ1) is 15.1. The van der Waals surface area contributed by atoms with Crippen LogP contribution in [0.2, 0.25) is 0 Å². The summed E-state index contributed by atoms with van der Waals surface area (Å²) >= 11 is 0. The van der Waals surface area contributed by atoms with E-state index in [9.17, 15) is 35.9 Å². The lowest BCUT2D eigenvalue weighted by Gasteiger charge is -2.27. The monoisotopic (exact) mass is 491 g/mol. The van der Waals surface area contributed by atoms with Gasteiger partial charge in [-0.3, -0.25) is 10.1 Å². The number of phenolic OH excluding ortho intramolecular Hbond substituents is 1. The van der Waals surface area contributed by atoms with Crippen LogP contribution in [0.4, 0.5) is 17.6 Å². The van der Waals surface area contributed by atoms with Crippen molar-refractivity contribution in [2.45, 2.75) is 43.4 Å². The van der Waals surface area contributed by atoms with Crippen LogP contribution in [0, 0.1) is 11.7 Å². The molecule has 0 aliphatic carbocycles. The number of ether oxygens (including phenoxy) is 1. The minimum absolute atomic E-state index is 0.0845. The molecule has 2 atom stereocenters. The normalized spacial score (nSPS) is 14.2. The molecule has 2 unspecified atom stereocenters. The topological polar surface area (TPSA) is 92.7 Å². The maximum absolute atomic E-state index is 14.5. The van der Waals surface area contributed by atoms with E-state index in [1.165, 1.54) is 0 Å². The van der Waals surface area contributed by atoms with Gasteiger partial charge in [0.1, 0.15) is 23.7 Å². The zero-order valence-electron chi connectivity index (χ0n) is 18.4. The Bertz CT molecular complexity index is 1120. The second kappa shape index (κ2) is 10.1. The van der Waals surface area contributed by atoms with Crippen molar-refractivity contribution in [3.05, 3.63) is 47.8 Å². The minimum Gasteiger partial charge on any atom is -0.507 e. The molecule has 0 aliphatic heterocycles. The molecule has 0 spiro atoms. The number of alkyl halides is 3. The number of nitrogens with one attached hydrogen (secondary N) is 1. The molecule has 0 heterocycles. The number of sulfone groups is 1. The number of carbonyl (C=O) groups is 1. The molecule has 0 saturated heterocycles. The lowest BCUT2D eigenvalue weighted by molar-refractivity contribution is -0.164. The second-order valence-corrected chi connectivity index (χ2v) is 10.1. The third-order valence-corrected chi connectivity index (χ3v) is 6.01. The van der Waals surface area contributed by atoms with Crippen molar-refractivity contribution in [1.82, 2.24) is 5.32 Å². The first kappa shape index (κ1) is 26.6. The first-order valence-corrected chi connectivity index (χ1v) is 11.8. The Hall–Kier alpha value is -2.66. The van der Waals surface area contributed by atoms with Gasteiger partial charge in [-0.1, -0.05) is 32.0 Å². The Morgan fingerprint density at radius 1 is 1.12 bits per heavy atom. The van der Waals surface area contributed by atoms with Gasteiger partial charge in [-0.25, -0.2) is 12.8 Å². The van der Waals surface area contributed by atoms with Crippen LogP contribution >= 0.6 is 0 Å². The van der Waals surface area contributed by atoms with Crippen LogP contribution in [-0.4, -0.2) is 45.1 Å². The van der Waals surface area contributed by atoms with Crippen molar-refractivity contribution in [2.75, 3.05) is 13.4 Å². The van der Waals surface area contributed by atoms with Gasteiger partial charge in [0.15, 0.2) is 9.84 Å². The first-order valence-electron chi connectivity index (χ1n) is 9.88. The number of esters is 1. The molecule has 6 nitrogen and oxygen atoms in total. The van der Waals surface area contributed by atoms with Crippen LogP contribution in [0.5, 0.6) is 5.75 Å². The van der Waals surface area contributed by atoms with Gasteiger partial charge in [-0.2, -0.15) is 13.2 Å². The number of phenols is 1. The summed E-state index contributed by atoms with van der Waals surface area (Å²) in [6, 6.07) is 2.44. The molecular weight excluding hydrogens is 466 g/mol. The van der Waals surface area contributed by atoms with Gasteiger partial charge < -0.3 is 9.84 Å². The van der Waals surface area contributed by atoms with Crippen molar-refractivity contribution in [2.24, 2.45) is 5.92 Å². The molecule has 0 aliphatic rings. The van der Waals surface area contributed by atoms with E-state index in [4.69, 9.17) is 0 Å². The summed E-state index contributed by atoms with van der Waals surface area (Å²) in [5, 5.41) is 12.6. The molecule has 0 bridgehead atoms. The van der Waals surface area contributed by atoms with Gasteiger partial charge in [0, 0.05) is 17.4 Å². The predicted octanol–water partition coefficient (Wildman–Crippen LogP) is 4.38. The van der Waals surface area contributed by atoms with Crippen LogP contribution in [0.1, 0.15) is 31.9 Å². The average molecular weight is 492 g/mol. The number of hydrogen-bond acceptors (Lipinski definition) is 6. The summed E-state index contributed by atoms with van der Waals surface area (Å²) < 4.78 is 83.8. The highest BCUT2D eigenvalue weighted by molar-refractivity contribution is 7.90. The van der Waals surface area contributed by atoms with Gasteiger partial charge in [-0.05, 0) is 36.1 Å². The number of halogens is 4. The average Bonchev–Trinajstić information content (AvgIpc) is 2.68. The van der Waals surface area contributed by atoms with E-state index < -0.39 is 51.2 Å². The molecule has 0 amide bonds. The molecule has 2 rings (SSSR count). The van der Waals surface area contributed by atoms with Crippen LogP contribution in [0.25, 0.3) is 11.1 Å². The van der Waals surface area contributed by atoms with Gasteiger partial charge in [0.25, 0.3) is 0 Å². The molecule has 33 heavy (non-hydrogen) atoms. The molecule has 2 N–H and O–H groups in total. The number of carbonyl (C=O) groups excluding carboxylic acids is 1. The highest BCUT2D eigenvalue weighted by Gasteiger charge is 2.43. The van der Waals surface area contributed by atoms with E-state index in [0.717, 1.165) is 49.8 Å². The van der Waals surface area contributed by atoms with Gasteiger partial charge in [0.2, 0.25) is 0 Å². The van der Waals surface area contributed by atoms with Crippen molar-refractivity contribution >= 4 is 15.8 Å². The van der Waals surface area contributed by atoms with E-state index in [2.05, 4.69) is 10.1 Å². The van der Waals surface area contributed by atoms with Crippen molar-refractivity contribution < 1.29 is 40.6 Å². The second-order valence-electron chi connectivity index (χ2n) is 8.04. The molecule has 2 aromatic carbocycles. The van der Waals surface area contributed by atoms with Crippen LogP contribution in [0.15, 0.2) is 41.3 Å². The molecule has 0 saturated carbocycles. The Kier molecular flexibility index (Phi) is 8.13. The number of benzene rings is 2. The van der Waals surface area contributed by atoms with Gasteiger partial charge >= 0.3 is 12.1 Å². The summed E-state index contributed by atoms with van der Waals surface area (Å²) in [5.41, 5.74) is -0.700. The third-order valence-electron chi connectivity index (χ3n) is 4.90. The van der Waals surface area contributed by atoms with Crippen molar-refractivity contribution in [3.63, 3.8) is 0 Å². The maximum atomic E-state index is 14.5. The smallest absolute Gasteiger partial charge is 0.407 e. The molecule has 0 fully saturated rings. The quantitative estimate of drug-likeness (QED) is 0.421. The zero-order chi connectivity index (χ0) is 25.1. The van der Waals surface area contributed by atoms with E-state index in [1.807, 2.05) is 0 Å². The van der Waals surface area contributed by atoms with E-state index in [1.54, 1.807) is 13.8 Å². The highest BCUT2D eigenvalue weighted by atomic mass is 32.2. The fourth-order valence-electron chi connectivity index (χ4n) is 3.33. The highest BCUT2D eigenvalue weighted by Crippen LogP contribution is 2.39. The van der Waals surface area contributed by atoms with E-state index in [0.29, 0.717) is 0 Å². The SMILES string of the molecule is COC(=O)C(CC(C)C)NC(c1ccc(-c2ccc(S(C)(=O)=O)cc2F)c(O)c1)C(F)(F)F. The fourth-order valence-corrected chi connectivity index (χ4v) is 3.96. The predicted molar refractivity (Wildman–Crippen MR) is 114 cm³/mol. The number of aromatic hydroxyl groups is 1. The Labute approximate surface area is 189 Å². The Balaban J connectivity index is 2.47. The molecule has 2 aromatic rings. The molecule has 0 aromatic heterocycles. The Morgan fingerprint density at radius 2 is 1.73 bits per heavy atom. The van der Waals surface area contributed by atoms with Gasteiger partial charge in [0.05, 0.1) is 12.0 Å². The van der Waals surface area contributed by atoms with E-state index in [-0.39, 0.29) is 28.4 Å². The van der Waals surface area contributed by atoms with Crippen molar-refractivity contribution in [3.8, 4) is 16.9 Å². The maximum Gasteiger partial charge on any atom is 0.407 e. The van der Waals surface area contributed by atoms with Crippen molar-refractivity contribution in [1.29, 1.82) is 0 Å². The van der Waals surface area contributed by atoms with Crippen LogP contribution < -0.4 is 5.32 Å². The third kappa shape index (κ3) is 6.67. The minimum atomic E-state index is -4.82. The zero-order valence-corrected chi connectivity index (χ0v) is 19.2. The summed E-state index contributed by atoms with van der Waals surface area (Å²) in [7, 11) is -2.60. The van der Waals surface area contributed by atoms with Crippen LogP contribution in [-0.2, 0) is 19.4 Å². The molecular formula is C22H25F4NO5S. The summed E-state index contributed by atoms with van der Waals surface area (Å²) in [6.45, 7) is 3.48. The van der Waals surface area contributed by atoms with Crippen LogP contribution in [0.3, 0.4) is 0 Å². The fraction of sp³-hybridized carbons (Fsp3) is 0.409. The number of hydrogen-bond donors (Lipinski definition) is 2. The standard InChI is InChI=1S/C22H25F4NO5S/c1-12(2)9-18(21(29)32-3)27-20(22(24,25)26)13-5-7-16(19(28)10-13)15-8-6-14(11-17(15)23)33(4,30)31/h5-8,10-12,18,20,27-28H,9H2,1-4H3. The largest absolute Gasteiger partial charge is 0.507 e.